The van der Waals surface area contributed by atoms with Crippen LogP contribution in [-0.4, -0.2) is 5.91 Å². The molecule has 0 saturated carbocycles. The molecular formula is C22H20ClNOS. The molecule has 0 aliphatic carbocycles. The molecule has 3 aromatic carbocycles. The Morgan fingerprint density at radius 2 is 1.65 bits per heavy atom. The Kier molecular flexibility index (Phi) is 6.02. The lowest BCUT2D eigenvalue weighted by atomic mass is 10.1. The first-order chi connectivity index (χ1) is 12.5. The molecule has 3 rings (SSSR count). The van der Waals surface area contributed by atoms with Crippen LogP contribution in [0.4, 0.5) is 5.69 Å². The van der Waals surface area contributed by atoms with Gasteiger partial charge in [-0.1, -0.05) is 47.5 Å². The van der Waals surface area contributed by atoms with Gasteiger partial charge >= 0.3 is 0 Å². The van der Waals surface area contributed by atoms with Crippen molar-refractivity contribution in [1.82, 2.24) is 0 Å². The number of aryl methyl sites for hydroxylation is 2. The van der Waals surface area contributed by atoms with Crippen molar-refractivity contribution < 1.29 is 4.79 Å². The van der Waals surface area contributed by atoms with Gasteiger partial charge in [0.2, 0.25) is 0 Å². The summed E-state index contributed by atoms with van der Waals surface area (Å²) in [5.41, 5.74) is 4.76. The lowest BCUT2D eigenvalue weighted by Crippen LogP contribution is -2.11. The summed E-state index contributed by atoms with van der Waals surface area (Å²) in [5, 5.41) is 3.52. The Hall–Kier alpha value is -2.23. The SMILES string of the molecule is Cc1ccc(SCc2ccc(C(=O)Nc3ccc(C)c(Cl)c3)cc2)cc1. The second-order valence-electron chi connectivity index (χ2n) is 6.22. The Morgan fingerprint density at radius 3 is 2.31 bits per heavy atom. The van der Waals surface area contributed by atoms with Crippen molar-refractivity contribution in [2.24, 2.45) is 0 Å². The fraction of sp³-hybridized carbons (Fsp3) is 0.136. The summed E-state index contributed by atoms with van der Waals surface area (Å²) in [4.78, 5) is 13.6. The number of halogens is 1. The van der Waals surface area contributed by atoms with Crippen molar-refractivity contribution in [3.8, 4) is 0 Å². The maximum Gasteiger partial charge on any atom is 0.255 e. The summed E-state index contributed by atoms with van der Waals surface area (Å²) in [5.74, 6) is 0.737. The summed E-state index contributed by atoms with van der Waals surface area (Å²) < 4.78 is 0. The van der Waals surface area contributed by atoms with E-state index >= 15 is 0 Å². The topological polar surface area (TPSA) is 29.1 Å². The number of rotatable bonds is 5. The zero-order valence-corrected chi connectivity index (χ0v) is 16.3. The van der Waals surface area contributed by atoms with E-state index in [9.17, 15) is 4.79 Å². The van der Waals surface area contributed by atoms with Gasteiger partial charge < -0.3 is 5.32 Å². The third-order valence-electron chi connectivity index (χ3n) is 4.07. The smallest absolute Gasteiger partial charge is 0.255 e. The first-order valence-electron chi connectivity index (χ1n) is 8.37. The van der Waals surface area contributed by atoms with Crippen LogP contribution in [0.25, 0.3) is 0 Å². The van der Waals surface area contributed by atoms with E-state index in [0.29, 0.717) is 16.3 Å². The molecule has 0 fully saturated rings. The van der Waals surface area contributed by atoms with Crippen LogP contribution >= 0.6 is 23.4 Å². The zero-order chi connectivity index (χ0) is 18.5. The average molecular weight is 382 g/mol. The molecule has 1 amide bonds. The molecule has 2 nitrogen and oxygen atoms in total. The van der Waals surface area contributed by atoms with Crippen molar-refractivity contribution in [3.63, 3.8) is 0 Å². The predicted octanol–water partition coefficient (Wildman–Crippen LogP) is 6.50. The van der Waals surface area contributed by atoms with Gasteiger partial charge in [-0.2, -0.15) is 0 Å². The number of thioether (sulfide) groups is 1. The molecular weight excluding hydrogens is 362 g/mol. The van der Waals surface area contributed by atoms with Crippen LogP contribution in [0.1, 0.15) is 27.0 Å². The summed E-state index contributed by atoms with van der Waals surface area (Å²) in [6.07, 6.45) is 0. The van der Waals surface area contributed by atoms with Crippen molar-refractivity contribution >= 4 is 35.0 Å². The Balaban J connectivity index is 1.60. The zero-order valence-electron chi connectivity index (χ0n) is 14.8. The quantitative estimate of drug-likeness (QED) is 0.511. The van der Waals surface area contributed by atoms with Crippen molar-refractivity contribution in [3.05, 3.63) is 94.0 Å². The minimum Gasteiger partial charge on any atom is -0.322 e. The van der Waals surface area contributed by atoms with Crippen LogP contribution in [0.3, 0.4) is 0 Å². The van der Waals surface area contributed by atoms with E-state index in [1.54, 1.807) is 17.8 Å². The van der Waals surface area contributed by atoms with Gasteiger partial charge in [0.1, 0.15) is 0 Å². The van der Waals surface area contributed by atoms with Gasteiger partial charge in [0.15, 0.2) is 0 Å². The van der Waals surface area contributed by atoms with E-state index in [1.807, 2.05) is 43.3 Å². The van der Waals surface area contributed by atoms with E-state index in [-0.39, 0.29) is 5.91 Å². The molecule has 0 bridgehead atoms. The highest BCUT2D eigenvalue weighted by Crippen LogP contribution is 2.24. The molecule has 3 aromatic rings. The van der Waals surface area contributed by atoms with Crippen LogP contribution in [-0.2, 0) is 5.75 Å². The number of anilines is 1. The maximum atomic E-state index is 12.4. The minimum atomic E-state index is -0.136. The second kappa shape index (κ2) is 8.43. The predicted molar refractivity (Wildman–Crippen MR) is 111 cm³/mol. The van der Waals surface area contributed by atoms with E-state index in [2.05, 4.69) is 36.5 Å². The number of benzene rings is 3. The van der Waals surface area contributed by atoms with E-state index < -0.39 is 0 Å². The highest BCUT2D eigenvalue weighted by Gasteiger charge is 2.07. The molecule has 4 heteroatoms. The van der Waals surface area contributed by atoms with Gasteiger partial charge in [-0.05, 0) is 61.4 Å². The minimum absolute atomic E-state index is 0.136. The van der Waals surface area contributed by atoms with Gasteiger partial charge in [-0.25, -0.2) is 0 Å². The average Bonchev–Trinajstić information content (AvgIpc) is 2.65. The summed E-state index contributed by atoms with van der Waals surface area (Å²) in [6, 6.07) is 21.7. The monoisotopic (exact) mass is 381 g/mol. The molecule has 132 valence electrons. The fourth-order valence-corrected chi connectivity index (χ4v) is 3.46. The molecule has 0 radical (unpaired) electrons. The van der Waals surface area contributed by atoms with Crippen LogP contribution in [0.5, 0.6) is 0 Å². The van der Waals surface area contributed by atoms with Gasteiger partial charge in [0, 0.05) is 26.9 Å². The highest BCUT2D eigenvalue weighted by molar-refractivity contribution is 7.98. The van der Waals surface area contributed by atoms with Gasteiger partial charge in [-0.15, -0.1) is 11.8 Å². The van der Waals surface area contributed by atoms with E-state index in [1.165, 1.54) is 16.0 Å². The third-order valence-corrected chi connectivity index (χ3v) is 5.56. The van der Waals surface area contributed by atoms with Crippen LogP contribution in [0, 0.1) is 13.8 Å². The molecule has 0 heterocycles. The number of carbonyl (C=O) groups excluding carboxylic acids is 1. The summed E-state index contributed by atoms with van der Waals surface area (Å²) >= 11 is 7.89. The van der Waals surface area contributed by atoms with Gasteiger partial charge in [0.05, 0.1) is 0 Å². The van der Waals surface area contributed by atoms with E-state index in [0.717, 1.165) is 11.3 Å². The lowest BCUT2D eigenvalue weighted by Gasteiger charge is -2.08. The second-order valence-corrected chi connectivity index (χ2v) is 7.67. The molecule has 0 aliphatic heterocycles. The van der Waals surface area contributed by atoms with Crippen LogP contribution in [0.15, 0.2) is 71.6 Å². The first-order valence-corrected chi connectivity index (χ1v) is 9.73. The molecule has 1 N–H and O–H groups in total. The number of amides is 1. The van der Waals surface area contributed by atoms with Gasteiger partial charge in [0.25, 0.3) is 5.91 Å². The first kappa shape index (κ1) is 18.6. The Bertz CT molecular complexity index is 904. The molecule has 0 spiro atoms. The number of hydrogen-bond donors (Lipinski definition) is 1. The molecule has 0 aliphatic rings. The van der Waals surface area contributed by atoms with Crippen molar-refractivity contribution in [1.29, 1.82) is 0 Å². The molecule has 0 atom stereocenters. The van der Waals surface area contributed by atoms with Crippen molar-refractivity contribution in [2.45, 2.75) is 24.5 Å². The number of hydrogen-bond acceptors (Lipinski definition) is 2. The molecule has 26 heavy (non-hydrogen) atoms. The van der Waals surface area contributed by atoms with Crippen LogP contribution < -0.4 is 5.32 Å². The summed E-state index contributed by atoms with van der Waals surface area (Å²) in [6.45, 7) is 4.02. The Labute approximate surface area is 163 Å². The maximum absolute atomic E-state index is 12.4. The largest absolute Gasteiger partial charge is 0.322 e. The van der Waals surface area contributed by atoms with E-state index in [4.69, 9.17) is 11.6 Å². The fourth-order valence-electron chi connectivity index (χ4n) is 2.43. The number of carbonyl (C=O) groups is 1. The Morgan fingerprint density at radius 1 is 0.962 bits per heavy atom. The standard InChI is InChI=1S/C22H20ClNOS/c1-15-3-11-20(12-4-15)26-14-17-6-8-18(9-7-17)22(25)24-19-10-5-16(2)21(23)13-19/h3-13H,14H2,1-2H3,(H,24,25). The molecule has 0 saturated heterocycles. The highest BCUT2D eigenvalue weighted by atomic mass is 35.5. The third kappa shape index (κ3) is 4.90. The lowest BCUT2D eigenvalue weighted by molar-refractivity contribution is 0.102. The van der Waals surface area contributed by atoms with Gasteiger partial charge in [-0.3, -0.25) is 4.79 Å². The molecule has 0 unspecified atom stereocenters. The number of nitrogens with one attached hydrogen (secondary N) is 1. The normalized spacial score (nSPS) is 10.6. The van der Waals surface area contributed by atoms with Crippen molar-refractivity contribution in [2.75, 3.05) is 5.32 Å². The summed E-state index contributed by atoms with van der Waals surface area (Å²) in [7, 11) is 0. The molecule has 0 aromatic heterocycles. The van der Waals surface area contributed by atoms with Crippen LogP contribution in [0.2, 0.25) is 5.02 Å².